The summed E-state index contributed by atoms with van der Waals surface area (Å²) >= 11 is 6.15. The minimum atomic E-state index is -1.21. The van der Waals surface area contributed by atoms with Crippen LogP contribution in [0.1, 0.15) is 33.1 Å². The average molecular weight is 606 g/mol. The number of hydrogen-bond acceptors (Lipinski definition) is 5. The van der Waals surface area contributed by atoms with Crippen LogP contribution in [0.2, 0.25) is 5.02 Å². The van der Waals surface area contributed by atoms with Gasteiger partial charge in [0.1, 0.15) is 11.6 Å². The first kappa shape index (κ1) is 31.0. The largest absolute Gasteiger partial charge is 0.394 e. The maximum Gasteiger partial charge on any atom is 0.253 e. The standard InChI is InChI=1S/C34H40ClN3O5/c1-5-19-36(24-11-9-8-10-12-24)31(40)28-27-17-18-34(43-27)29(28)32(41)38(26(21-39)22(4)7-3)30(34)33(42)37(20-6-2)25-15-13-23(35)14-16-25/h5-6,8-16,22,26-30,39H,1-2,7,17-21H2,3-4H3/t22-,26-,27+,28-,29-,30?,34?/m0/s1. The number of fused-ring (bicyclic) bond motifs is 1. The van der Waals surface area contributed by atoms with Crippen LogP contribution in [0.4, 0.5) is 11.4 Å². The molecule has 0 radical (unpaired) electrons. The van der Waals surface area contributed by atoms with Gasteiger partial charge >= 0.3 is 0 Å². The molecule has 3 saturated heterocycles. The molecule has 1 spiro atoms. The second-order valence-electron chi connectivity index (χ2n) is 11.7. The fourth-order valence-electron chi connectivity index (χ4n) is 7.28. The Morgan fingerprint density at radius 2 is 1.67 bits per heavy atom. The molecule has 43 heavy (non-hydrogen) atoms. The molecule has 0 aromatic heterocycles. The van der Waals surface area contributed by atoms with Gasteiger partial charge in [0.2, 0.25) is 11.8 Å². The Hall–Kier alpha value is -3.46. The molecule has 9 heteroatoms. The lowest BCUT2D eigenvalue weighted by atomic mass is 9.70. The molecule has 0 saturated carbocycles. The van der Waals surface area contributed by atoms with E-state index < -0.39 is 35.6 Å². The number of rotatable bonds is 12. The van der Waals surface area contributed by atoms with Gasteiger partial charge in [0.15, 0.2) is 0 Å². The summed E-state index contributed by atoms with van der Waals surface area (Å²) in [5.41, 5.74) is 0.0986. The molecule has 3 heterocycles. The molecule has 3 amide bonds. The third kappa shape index (κ3) is 5.19. The van der Waals surface area contributed by atoms with Crippen molar-refractivity contribution in [1.29, 1.82) is 0 Å². The maximum atomic E-state index is 14.7. The molecular formula is C34H40ClN3O5. The fraction of sp³-hybridized carbons (Fsp3) is 0.441. The van der Waals surface area contributed by atoms with E-state index in [4.69, 9.17) is 16.3 Å². The van der Waals surface area contributed by atoms with Crippen LogP contribution < -0.4 is 9.80 Å². The number of aliphatic hydroxyl groups excluding tert-OH is 1. The number of hydrogen-bond donors (Lipinski definition) is 1. The first-order valence-electron chi connectivity index (χ1n) is 15.0. The minimum Gasteiger partial charge on any atom is -0.394 e. The number of halogens is 1. The zero-order valence-corrected chi connectivity index (χ0v) is 25.5. The molecular weight excluding hydrogens is 566 g/mol. The van der Waals surface area contributed by atoms with Crippen LogP contribution in [0, 0.1) is 17.8 Å². The van der Waals surface area contributed by atoms with E-state index in [1.807, 2.05) is 44.2 Å². The predicted octanol–water partition coefficient (Wildman–Crippen LogP) is 4.86. The summed E-state index contributed by atoms with van der Waals surface area (Å²) in [7, 11) is 0. The number of nitrogens with zero attached hydrogens (tertiary/aromatic N) is 3. The summed E-state index contributed by atoms with van der Waals surface area (Å²) in [6, 6.07) is 14.6. The minimum absolute atomic E-state index is 0.101. The van der Waals surface area contributed by atoms with Crippen molar-refractivity contribution in [2.45, 2.75) is 56.9 Å². The summed E-state index contributed by atoms with van der Waals surface area (Å²) in [4.78, 5) is 48.5. The van der Waals surface area contributed by atoms with E-state index in [1.165, 1.54) is 0 Å². The molecule has 1 N–H and O–H groups in total. The molecule has 2 bridgehead atoms. The van der Waals surface area contributed by atoms with Gasteiger partial charge in [-0.15, -0.1) is 13.2 Å². The van der Waals surface area contributed by atoms with Crippen molar-refractivity contribution in [1.82, 2.24) is 4.90 Å². The van der Waals surface area contributed by atoms with Crippen LogP contribution in [0.3, 0.4) is 0 Å². The Balaban J connectivity index is 1.61. The smallest absolute Gasteiger partial charge is 0.253 e. The van der Waals surface area contributed by atoms with Gasteiger partial charge < -0.3 is 24.5 Å². The maximum absolute atomic E-state index is 14.7. The van der Waals surface area contributed by atoms with Crippen molar-refractivity contribution in [3.05, 3.63) is 84.9 Å². The van der Waals surface area contributed by atoms with Crippen molar-refractivity contribution < 1.29 is 24.2 Å². The number of aliphatic hydroxyl groups is 1. The molecule has 8 nitrogen and oxygen atoms in total. The summed E-state index contributed by atoms with van der Waals surface area (Å²) in [6.07, 6.45) is 4.48. The number of amides is 3. The molecule has 3 aliphatic rings. The second-order valence-corrected chi connectivity index (χ2v) is 12.2. The van der Waals surface area contributed by atoms with Gasteiger partial charge in [-0.05, 0) is 55.2 Å². The lowest BCUT2D eigenvalue weighted by molar-refractivity contribution is -0.145. The molecule has 228 valence electrons. The Kier molecular flexibility index (Phi) is 9.11. The molecule has 7 atom stereocenters. The van der Waals surface area contributed by atoms with E-state index in [0.29, 0.717) is 35.7 Å². The van der Waals surface area contributed by atoms with Gasteiger partial charge in [0.25, 0.3) is 5.91 Å². The van der Waals surface area contributed by atoms with Crippen LogP contribution in [-0.2, 0) is 19.1 Å². The Bertz CT molecular complexity index is 1370. The van der Waals surface area contributed by atoms with Crippen LogP contribution in [-0.4, -0.2) is 71.2 Å². The van der Waals surface area contributed by atoms with Crippen molar-refractivity contribution in [3.8, 4) is 0 Å². The molecule has 0 aliphatic carbocycles. The third-order valence-corrected chi connectivity index (χ3v) is 9.72. The van der Waals surface area contributed by atoms with Gasteiger partial charge in [-0.25, -0.2) is 0 Å². The van der Waals surface area contributed by atoms with E-state index >= 15 is 0 Å². The third-order valence-electron chi connectivity index (χ3n) is 9.46. The Labute approximate surface area is 258 Å². The van der Waals surface area contributed by atoms with Crippen LogP contribution in [0.25, 0.3) is 0 Å². The van der Waals surface area contributed by atoms with Gasteiger partial charge in [0, 0.05) is 29.5 Å². The SMILES string of the molecule is C=CCN(C(=O)C1N([C@@H](CO)[C@@H](C)CC)C(=O)[C@@H]2[C@@H](C(=O)N(CC=C)c3ccccc3)[C@H]3CCC12O3)c1ccc(Cl)cc1. The van der Waals surface area contributed by atoms with Gasteiger partial charge in [-0.1, -0.05) is 62.2 Å². The summed E-state index contributed by atoms with van der Waals surface area (Å²) in [5, 5.41) is 11.2. The highest BCUT2D eigenvalue weighted by molar-refractivity contribution is 6.30. The van der Waals surface area contributed by atoms with E-state index in [9.17, 15) is 19.5 Å². The number of likely N-dealkylation sites (tertiary alicyclic amines) is 1. The number of benzene rings is 2. The van der Waals surface area contributed by atoms with Crippen molar-refractivity contribution >= 4 is 40.7 Å². The van der Waals surface area contributed by atoms with Crippen LogP contribution in [0.15, 0.2) is 79.9 Å². The van der Waals surface area contributed by atoms with Crippen LogP contribution in [0.5, 0.6) is 0 Å². The van der Waals surface area contributed by atoms with Gasteiger partial charge in [-0.3, -0.25) is 14.4 Å². The topological polar surface area (TPSA) is 90.4 Å². The van der Waals surface area contributed by atoms with Crippen molar-refractivity contribution in [2.24, 2.45) is 17.8 Å². The molecule has 2 aromatic carbocycles. The van der Waals surface area contributed by atoms with Gasteiger partial charge in [-0.2, -0.15) is 0 Å². The summed E-state index contributed by atoms with van der Waals surface area (Å²) < 4.78 is 6.70. The number of ether oxygens (including phenoxy) is 1. The highest BCUT2D eigenvalue weighted by Gasteiger charge is 2.75. The Morgan fingerprint density at radius 1 is 1.07 bits per heavy atom. The number of carbonyl (C=O) groups is 3. The zero-order chi connectivity index (χ0) is 30.9. The first-order chi connectivity index (χ1) is 20.7. The second kappa shape index (κ2) is 12.6. The Morgan fingerprint density at radius 3 is 2.26 bits per heavy atom. The summed E-state index contributed by atoms with van der Waals surface area (Å²) in [5.74, 6) is -2.62. The first-order valence-corrected chi connectivity index (χ1v) is 15.4. The number of anilines is 2. The monoisotopic (exact) mass is 605 g/mol. The molecule has 2 unspecified atom stereocenters. The van der Waals surface area contributed by atoms with E-state index in [0.717, 1.165) is 0 Å². The van der Waals surface area contributed by atoms with Gasteiger partial charge in [0.05, 0.1) is 30.6 Å². The fourth-order valence-corrected chi connectivity index (χ4v) is 7.41. The average Bonchev–Trinajstić information content (AvgIpc) is 3.67. The molecule has 3 fully saturated rings. The quantitative estimate of drug-likeness (QED) is 0.349. The van der Waals surface area contributed by atoms with E-state index in [2.05, 4.69) is 13.2 Å². The van der Waals surface area contributed by atoms with Crippen LogP contribution >= 0.6 is 11.6 Å². The summed E-state index contributed by atoms with van der Waals surface area (Å²) in [6.45, 7) is 11.8. The normalized spacial score (nSPS) is 27.0. The van der Waals surface area contributed by atoms with Crippen molar-refractivity contribution in [3.63, 3.8) is 0 Å². The highest BCUT2D eigenvalue weighted by Crippen LogP contribution is 2.59. The number of carbonyl (C=O) groups excluding carboxylic acids is 3. The molecule has 3 aliphatic heterocycles. The predicted molar refractivity (Wildman–Crippen MR) is 168 cm³/mol. The van der Waals surface area contributed by atoms with E-state index in [-0.39, 0.29) is 43.3 Å². The van der Waals surface area contributed by atoms with Crippen molar-refractivity contribution in [2.75, 3.05) is 29.5 Å². The molecule has 2 aromatic rings. The molecule has 5 rings (SSSR count). The number of para-hydroxylation sites is 1. The lowest BCUT2D eigenvalue weighted by Gasteiger charge is -2.40. The highest BCUT2D eigenvalue weighted by atomic mass is 35.5. The zero-order valence-electron chi connectivity index (χ0n) is 24.8. The van der Waals surface area contributed by atoms with E-state index in [1.54, 1.807) is 51.1 Å². The lowest BCUT2D eigenvalue weighted by Crippen LogP contribution is -2.60.